The quantitative estimate of drug-likeness (QED) is 0.766. The molecule has 4 amide bonds. The highest BCUT2D eigenvalue weighted by atomic mass is 19.1. The summed E-state index contributed by atoms with van der Waals surface area (Å²) in [5.74, 6) is -1.37. The Morgan fingerprint density at radius 2 is 1.87 bits per heavy atom. The van der Waals surface area contributed by atoms with Crippen LogP contribution in [-0.2, 0) is 16.1 Å². The number of halogens is 1. The maximum absolute atomic E-state index is 13.4. The van der Waals surface area contributed by atoms with Crippen molar-refractivity contribution >= 4 is 23.6 Å². The average Bonchev–Trinajstić information content (AvgIpc) is 3.02. The molecule has 3 aliphatic heterocycles. The molecule has 158 valence electrons. The van der Waals surface area contributed by atoms with Gasteiger partial charge in [-0.2, -0.15) is 0 Å². The third-order valence-electron chi connectivity index (χ3n) is 6.26. The summed E-state index contributed by atoms with van der Waals surface area (Å²) in [5, 5.41) is 2.28. The number of hydrogen-bond acceptors (Lipinski definition) is 4. The van der Waals surface area contributed by atoms with E-state index in [9.17, 15) is 23.6 Å². The van der Waals surface area contributed by atoms with Crippen molar-refractivity contribution < 1.29 is 23.6 Å². The lowest BCUT2D eigenvalue weighted by molar-refractivity contribution is -0.136. The van der Waals surface area contributed by atoms with Crippen molar-refractivity contribution in [3.8, 4) is 0 Å². The first kappa shape index (κ1) is 19.4. The van der Waals surface area contributed by atoms with E-state index in [0.717, 1.165) is 5.56 Å². The average molecular weight is 421 g/mol. The lowest BCUT2D eigenvalue weighted by Crippen LogP contribution is -2.52. The number of fused-ring (bicyclic) bond motifs is 1. The van der Waals surface area contributed by atoms with Gasteiger partial charge in [0.1, 0.15) is 11.9 Å². The van der Waals surface area contributed by atoms with Crippen LogP contribution in [0.5, 0.6) is 0 Å². The molecule has 0 spiro atoms. The van der Waals surface area contributed by atoms with Crippen molar-refractivity contribution in [3.05, 3.63) is 70.5 Å². The maximum Gasteiger partial charge on any atom is 0.255 e. The molecule has 0 bridgehead atoms. The fraction of sp³-hybridized carbons (Fsp3) is 0.304. The molecule has 2 fully saturated rings. The van der Waals surface area contributed by atoms with E-state index < -0.39 is 11.9 Å². The van der Waals surface area contributed by atoms with Crippen molar-refractivity contribution in [2.45, 2.75) is 31.3 Å². The normalized spacial score (nSPS) is 21.1. The second-order valence-corrected chi connectivity index (χ2v) is 8.23. The molecule has 2 saturated heterocycles. The summed E-state index contributed by atoms with van der Waals surface area (Å²) in [5.41, 5.74) is 2.53. The van der Waals surface area contributed by atoms with Crippen LogP contribution in [0.2, 0.25) is 0 Å². The van der Waals surface area contributed by atoms with Crippen LogP contribution in [0.25, 0.3) is 0 Å². The number of imide groups is 1. The van der Waals surface area contributed by atoms with Gasteiger partial charge in [0.25, 0.3) is 11.8 Å². The topological polar surface area (TPSA) is 86.8 Å². The number of benzene rings is 2. The molecule has 1 N–H and O–H groups in total. The number of piperidine rings is 1. The van der Waals surface area contributed by atoms with Crippen molar-refractivity contribution in [2.24, 2.45) is 0 Å². The summed E-state index contributed by atoms with van der Waals surface area (Å²) in [6.07, 6.45) is 0.493. The summed E-state index contributed by atoms with van der Waals surface area (Å²) in [4.78, 5) is 52.3. The summed E-state index contributed by atoms with van der Waals surface area (Å²) < 4.78 is 13.4. The fourth-order valence-corrected chi connectivity index (χ4v) is 4.51. The third kappa shape index (κ3) is 3.37. The van der Waals surface area contributed by atoms with Crippen LogP contribution >= 0.6 is 0 Å². The molecule has 3 aliphatic rings. The fourth-order valence-electron chi connectivity index (χ4n) is 4.51. The minimum atomic E-state index is -0.681. The molecule has 0 aliphatic carbocycles. The van der Waals surface area contributed by atoms with E-state index in [2.05, 4.69) is 5.32 Å². The predicted molar refractivity (Wildman–Crippen MR) is 108 cm³/mol. The van der Waals surface area contributed by atoms with Gasteiger partial charge in [0.2, 0.25) is 11.8 Å². The summed E-state index contributed by atoms with van der Waals surface area (Å²) in [6.45, 7) is 1.26. The Morgan fingerprint density at radius 3 is 2.61 bits per heavy atom. The van der Waals surface area contributed by atoms with Crippen LogP contribution in [0.15, 0.2) is 42.5 Å². The van der Waals surface area contributed by atoms with Gasteiger partial charge in [-0.1, -0.05) is 12.1 Å². The van der Waals surface area contributed by atoms with Crippen molar-refractivity contribution in [1.29, 1.82) is 0 Å². The lowest BCUT2D eigenvalue weighted by atomic mass is 9.90. The highest BCUT2D eigenvalue weighted by Gasteiger charge is 2.40. The van der Waals surface area contributed by atoms with Gasteiger partial charge in [0, 0.05) is 43.1 Å². The van der Waals surface area contributed by atoms with Gasteiger partial charge in [0.15, 0.2) is 0 Å². The molecular weight excluding hydrogens is 401 g/mol. The zero-order valence-corrected chi connectivity index (χ0v) is 16.6. The molecule has 2 aromatic rings. The predicted octanol–water partition coefficient (Wildman–Crippen LogP) is 1.83. The van der Waals surface area contributed by atoms with Crippen LogP contribution in [-0.4, -0.2) is 52.6 Å². The highest BCUT2D eigenvalue weighted by Crippen LogP contribution is 2.31. The molecule has 7 nitrogen and oxygen atoms in total. The standard InChI is InChI=1S/C23H20FN3O4/c24-17-3-1-2-13(9-17)16-10-26(11-16)22(30)14-4-5-18-15(8-14)12-27(23(18)31)19-6-7-20(28)25-21(19)29/h1-5,8-9,16,19H,6-7,10-12H2,(H,25,28,29). The van der Waals surface area contributed by atoms with Crippen molar-refractivity contribution in [3.63, 3.8) is 0 Å². The Balaban J connectivity index is 1.28. The number of rotatable bonds is 3. The van der Waals surface area contributed by atoms with Gasteiger partial charge in [0.05, 0.1) is 0 Å². The van der Waals surface area contributed by atoms with E-state index in [-0.39, 0.29) is 42.4 Å². The first-order valence-corrected chi connectivity index (χ1v) is 10.2. The number of nitrogens with one attached hydrogen (secondary N) is 1. The molecule has 5 rings (SSSR count). The molecule has 0 radical (unpaired) electrons. The van der Waals surface area contributed by atoms with Gasteiger partial charge >= 0.3 is 0 Å². The SMILES string of the molecule is O=C1CCC(N2Cc3cc(C(=O)N4CC(c5cccc(F)c5)C4)ccc3C2=O)C(=O)N1. The van der Waals surface area contributed by atoms with Gasteiger partial charge in [-0.15, -0.1) is 0 Å². The second kappa shape index (κ2) is 7.30. The zero-order chi connectivity index (χ0) is 21.7. The van der Waals surface area contributed by atoms with Gasteiger partial charge in [-0.3, -0.25) is 24.5 Å². The Kier molecular flexibility index (Phi) is 4.57. The zero-order valence-electron chi connectivity index (χ0n) is 16.6. The smallest absolute Gasteiger partial charge is 0.255 e. The summed E-state index contributed by atoms with van der Waals surface area (Å²) in [6, 6.07) is 10.7. The molecule has 8 heteroatoms. The Labute approximate surface area is 177 Å². The number of carbonyl (C=O) groups excluding carboxylic acids is 4. The summed E-state index contributed by atoms with van der Waals surface area (Å²) in [7, 11) is 0. The molecule has 1 unspecified atom stereocenters. The van der Waals surface area contributed by atoms with E-state index in [0.29, 0.717) is 36.2 Å². The van der Waals surface area contributed by atoms with E-state index in [4.69, 9.17) is 0 Å². The minimum Gasteiger partial charge on any atom is -0.337 e. The first-order chi connectivity index (χ1) is 14.9. The van der Waals surface area contributed by atoms with Crippen LogP contribution in [0, 0.1) is 5.82 Å². The van der Waals surface area contributed by atoms with Crippen LogP contribution in [0.3, 0.4) is 0 Å². The number of carbonyl (C=O) groups is 4. The van der Waals surface area contributed by atoms with Gasteiger partial charge in [-0.25, -0.2) is 4.39 Å². The highest BCUT2D eigenvalue weighted by molar-refractivity contribution is 6.06. The molecule has 0 saturated carbocycles. The maximum atomic E-state index is 13.4. The third-order valence-corrected chi connectivity index (χ3v) is 6.26. The molecule has 31 heavy (non-hydrogen) atoms. The molecule has 3 heterocycles. The van der Waals surface area contributed by atoms with E-state index in [1.807, 2.05) is 6.07 Å². The largest absolute Gasteiger partial charge is 0.337 e. The number of hydrogen-bond donors (Lipinski definition) is 1. The Bertz CT molecular complexity index is 1130. The van der Waals surface area contributed by atoms with Crippen molar-refractivity contribution in [2.75, 3.05) is 13.1 Å². The number of amides is 4. The summed E-state index contributed by atoms with van der Waals surface area (Å²) >= 11 is 0. The minimum absolute atomic E-state index is 0.110. The molecule has 2 aromatic carbocycles. The lowest BCUT2D eigenvalue weighted by Gasteiger charge is -2.39. The van der Waals surface area contributed by atoms with E-state index >= 15 is 0 Å². The molecule has 1 atom stereocenters. The van der Waals surface area contributed by atoms with Crippen molar-refractivity contribution in [1.82, 2.24) is 15.1 Å². The number of likely N-dealkylation sites (tertiary alicyclic amines) is 1. The van der Waals surface area contributed by atoms with E-state index in [1.54, 1.807) is 29.2 Å². The number of nitrogens with zero attached hydrogens (tertiary/aromatic N) is 2. The van der Waals surface area contributed by atoms with Crippen LogP contribution in [0.4, 0.5) is 4.39 Å². The molecular formula is C23H20FN3O4. The first-order valence-electron chi connectivity index (χ1n) is 10.2. The monoisotopic (exact) mass is 421 g/mol. The van der Waals surface area contributed by atoms with Crippen LogP contribution < -0.4 is 5.32 Å². The molecule has 0 aromatic heterocycles. The second-order valence-electron chi connectivity index (χ2n) is 8.23. The van der Waals surface area contributed by atoms with E-state index in [1.165, 1.54) is 17.0 Å². The van der Waals surface area contributed by atoms with Gasteiger partial charge < -0.3 is 9.80 Å². The van der Waals surface area contributed by atoms with Crippen LogP contribution in [0.1, 0.15) is 50.6 Å². The Hall–Kier alpha value is -3.55. The van der Waals surface area contributed by atoms with Gasteiger partial charge in [-0.05, 0) is 47.9 Å². The Morgan fingerprint density at radius 1 is 1.06 bits per heavy atom.